The molecule has 5 heteroatoms. The predicted octanol–water partition coefficient (Wildman–Crippen LogP) is 4.22. The molecule has 5 rings (SSSR count). The average molecular weight is 361 g/mol. The van der Waals surface area contributed by atoms with Crippen LogP contribution in [0, 0.1) is 6.92 Å². The number of benzene rings is 2. The maximum absolute atomic E-state index is 12.4. The van der Waals surface area contributed by atoms with Crippen molar-refractivity contribution in [2.24, 2.45) is 0 Å². The first kappa shape index (κ1) is 16.4. The first-order chi connectivity index (χ1) is 13.2. The second-order valence-electron chi connectivity index (χ2n) is 7.51. The van der Waals surface area contributed by atoms with Gasteiger partial charge in [0.15, 0.2) is 5.58 Å². The molecule has 1 fully saturated rings. The van der Waals surface area contributed by atoms with E-state index in [1.807, 2.05) is 28.8 Å². The number of fused-ring (bicyclic) bond motifs is 2. The van der Waals surface area contributed by atoms with Gasteiger partial charge in [-0.2, -0.15) is 0 Å². The number of hydrogen-bond donors (Lipinski definition) is 1. The molecule has 0 saturated carbocycles. The van der Waals surface area contributed by atoms with Crippen LogP contribution in [-0.4, -0.2) is 27.5 Å². The van der Waals surface area contributed by atoms with E-state index in [1.165, 1.54) is 22.2 Å². The Morgan fingerprint density at radius 1 is 1.15 bits per heavy atom. The summed E-state index contributed by atoms with van der Waals surface area (Å²) in [6, 6.07) is 16.3. The van der Waals surface area contributed by atoms with Crippen LogP contribution < -0.4 is 5.76 Å². The number of para-hydroxylation sites is 3. The van der Waals surface area contributed by atoms with Crippen LogP contribution in [0.5, 0.6) is 0 Å². The number of aromatic amines is 1. The Morgan fingerprint density at radius 2 is 1.96 bits per heavy atom. The zero-order chi connectivity index (χ0) is 18.4. The molecule has 0 amide bonds. The van der Waals surface area contributed by atoms with Gasteiger partial charge in [0.1, 0.15) is 0 Å². The summed E-state index contributed by atoms with van der Waals surface area (Å²) in [7, 11) is 0. The maximum atomic E-state index is 12.4. The zero-order valence-electron chi connectivity index (χ0n) is 15.4. The Balaban J connectivity index is 1.43. The minimum Gasteiger partial charge on any atom is -0.408 e. The molecule has 0 spiro atoms. The Hall–Kier alpha value is -2.79. The SMILES string of the molecule is Cc1c(CN2CCC[C@H](n3c(=O)oc4ccccc43)C2)[nH]c2ccccc12. The molecule has 0 bridgehead atoms. The van der Waals surface area contributed by atoms with Gasteiger partial charge in [-0.3, -0.25) is 9.47 Å². The fourth-order valence-electron chi connectivity index (χ4n) is 4.44. The molecular weight excluding hydrogens is 338 g/mol. The third-order valence-electron chi connectivity index (χ3n) is 5.82. The number of nitrogens with one attached hydrogen (secondary N) is 1. The highest BCUT2D eigenvalue weighted by Gasteiger charge is 2.25. The number of hydrogen-bond acceptors (Lipinski definition) is 3. The summed E-state index contributed by atoms with van der Waals surface area (Å²) < 4.78 is 7.29. The van der Waals surface area contributed by atoms with Crippen molar-refractivity contribution in [3.8, 4) is 0 Å². The number of nitrogens with zero attached hydrogens (tertiary/aromatic N) is 2. The second kappa shape index (κ2) is 6.43. The van der Waals surface area contributed by atoms with E-state index in [-0.39, 0.29) is 11.8 Å². The van der Waals surface area contributed by atoms with E-state index < -0.39 is 0 Å². The fraction of sp³-hybridized carbons (Fsp3) is 0.318. The quantitative estimate of drug-likeness (QED) is 0.594. The predicted molar refractivity (Wildman–Crippen MR) is 107 cm³/mol. The molecule has 4 aromatic rings. The van der Waals surface area contributed by atoms with Crippen LogP contribution in [0.25, 0.3) is 22.0 Å². The molecule has 1 N–H and O–H groups in total. The molecule has 1 aliphatic rings. The summed E-state index contributed by atoms with van der Waals surface area (Å²) in [6.07, 6.45) is 2.08. The molecule has 1 aliphatic heterocycles. The maximum Gasteiger partial charge on any atom is 0.420 e. The lowest BCUT2D eigenvalue weighted by Crippen LogP contribution is -2.38. The number of piperidine rings is 1. The molecule has 1 atom stereocenters. The molecule has 0 aliphatic carbocycles. The van der Waals surface area contributed by atoms with Crippen molar-refractivity contribution in [2.45, 2.75) is 32.4 Å². The molecular formula is C22H23N3O2. The van der Waals surface area contributed by atoms with Crippen LogP contribution >= 0.6 is 0 Å². The van der Waals surface area contributed by atoms with E-state index in [4.69, 9.17) is 4.42 Å². The molecule has 2 aromatic heterocycles. The van der Waals surface area contributed by atoms with E-state index in [0.717, 1.165) is 38.0 Å². The van der Waals surface area contributed by atoms with E-state index in [2.05, 4.69) is 41.1 Å². The van der Waals surface area contributed by atoms with Crippen LogP contribution in [-0.2, 0) is 6.54 Å². The highest BCUT2D eigenvalue weighted by molar-refractivity contribution is 5.84. The van der Waals surface area contributed by atoms with Crippen LogP contribution in [0.4, 0.5) is 0 Å². The smallest absolute Gasteiger partial charge is 0.408 e. The van der Waals surface area contributed by atoms with Crippen LogP contribution in [0.3, 0.4) is 0 Å². The average Bonchev–Trinajstić information content (AvgIpc) is 3.18. The van der Waals surface area contributed by atoms with Crippen molar-refractivity contribution in [1.82, 2.24) is 14.5 Å². The van der Waals surface area contributed by atoms with Gasteiger partial charge in [-0.05, 0) is 50.1 Å². The number of H-pyrrole nitrogens is 1. The van der Waals surface area contributed by atoms with Gasteiger partial charge in [0.05, 0.1) is 11.6 Å². The van der Waals surface area contributed by atoms with Crippen molar-refractivity contribution >= 4 is 22.0 Å². The van der Waals surface area contributed by atoms with Crippen molar-refractivity contribution < 1.29 is 4.42 Å². The Bertz CT molecular complexity index is 1170. The van der Waals surface area contributed by atoms with E-state index >= 15 is 0 Å². The molecule has 0 radical (unpaired) electrons. The third kappa shape index (κ3) is 2.79. The summed E-state index contributed by atoms with van der Waals surface area (Å²) in [4.78, 5) is 18.5. The molecule has 1 saturated heterocycles. The lowest BCUT2D eigenvalue weighted by Gasteiger charge is -2.32. The summed E-state index contributed by atoms with van der Waals surface area (Å²) >= 11 is 0. The van der Waals surface area contributed by atoms with Crippen molar-refractivity contribution in [2.75, 3.05) is 13.1 Å². The van der Waals surface area contributed by atoms with Crippen LogP contribution in [0.2, 0.25) is 0 Å². The van der Waals surface area contributed by atoms with E-state index in [0.29, 0.717) is 5.58 Å². The summed E-state index contributed by atoms with van der Waals surface area (Å²) in [5.41, 5.74) is 5.35. The third-order valence-corrected chi connectivity index (χ3v) is 5.82. The minimum atomic E-state index is -0.246. The minimum absolute atomic E-state index is 0.152. The van der Waals surface area contributed by atoms with E-state index in [1.54, 1.807) is 0 Å². The molecule has 5 nitrogen and oxygen atoms in total. The lowest BCUT2D eigenvalue weighted by molar-refractivity contribution is 0.166. The number of rotatable bonds is 3. The monoisotopic (exact) mass is 361 g/mol. The molecule has 0 unspecified atom stereocenters. The van der Waals surface area contributed by atoms with Gasteiger partial charge in [0, 0.05) is 29.7 Å². The van der Waals surface area contributed by atoms with Gasteiger partial charge < -0.3 is 9.40 Å². The fourth-order valence-corrected chi connectivity index (χ4v) is 4.44. The largest absolute Gasteiger partial charge is 0.420 e. The topological polar surface area (TPSA) is 54.2 Å². The standard InChI is InChI=1S/C22H23N3O2/c1-15-17-8-2-3-9-18(17)23-19(15)14-24-12-6-7-16(13-24)25-20-10-4-5-11-21(20)27-22(25)26/h2-5,8-11,16,23H,6-7,12-14H2,1H3/t16-/m0/s1. The van der Waals surface area contributed by atoms with E-state index in [9.17, 15) is 4.79 Å². The Kier molecular flexibility index (Phi) is 3.90. The van der Waals surface area contributed by atoms with Gasteiger partial charge in [0.25, 0.3) is 0 Å². The van der Waals surface area contributed by atoms with Gasteiger partial charge in [-0.25, -0.2) is 4.79 Å². The normalized spacial score (nSPS) is 18.5. The number of likely N-dealkylation sites (tertiary alicyclic amines) is 1. The van der Waals surface area contributed by atoms with Gasteiger partial charge in [-0.15, -0.1) is 0 Å². The number of aryl methyl sites for hydroxylation is 1. The molecule has 27 heavy (non-hydrogen) atoms. The number of oxazole rings is 1. The highest BCUT2D eigenvalue weighted by Crippen LogP contribution is 2.27. The lowest BCUT2D eigenvalue weighted by atomic mass is 10.0. The molecule has 2 aromatic carbocycles. The second-order valence-corrected chi connectivity index (χ2v) is 7.51. The molecule has 3 heterocycles. The van der Waals surface area contributed by atoms with Crippen molar-refractivity contribution in [3.05, 3.63) is 70.3 Å². The Labute approximate surface area is 157 Å². The first-order valence-corrected chi connectivity index (χ1v) is 9.59. The summed E-state index contributed by atoms with van der Waals surface area (Å²) in [5.74, 6) is -0.246. The summed E-state index contributed by atoms with van der Waals surface area (Å²) in [5, 5.41) is 1.29. The van der Waals surface area contributed by atoms with Crippen molar-refractivity contribution in [1.29, 1.82) is 0 Å². The van der Waals surface area contributed by atoms with Gasteiger partial charge >= 0.3 is 5.76 Å². The Morgan fingerprint density at radius 3 is 2.85 bits per heavy atom. The van der Waals surface area contributed by atoms with Gasteiger partial charge in [0.2, 0.25) is 0 Å². The van der Waals surface area contributed by atoms with Crippen LogP contribution in [0.15, 0.2) is 57.7 Å². The van der Waals surface area contributed by atoms with Crippen molar-refractivity contribution in [3.63, 3.8) is 0 Å². The van der Waals surface area contributed by atoms with Gasteiger partial charge in [-0.1, -0.05) is 30.3 Å². The van der Waals surface area contributed by atoms with Crippen LogP contribution in [0.1, 0.15) is 30.1 Å². The molecule has 138 valence electrons. The first-order valence-electron chi connectivity index (χ1n) is 9.59. The number of aromatic nitrogens is 2. The summed E-state index contributed by atoms with van der Waals surface area (Å²) in [6.45, 7) is 4.97. The highest BCUT2D eigenvalue weighted by atomic mass is 16.4. The zero-order valence-corrected chi connectivity index (χ0v) is 15.4.